The second-order valence-corrected chi connectivity index (χ2v) is 10.4. The first-order valence-corrected chi connectivity index (χ1v) is 11.1. The molecule has 1 aromatic rings. The Hall–Kier alpha value is -1.73. The number of hydrogen-bond acceptors (Lipinski definition) is 4. The van der Waals surface area contributed by atoms with Crippen LogP contribution in [0.3, 0.4) is 0 Å². The van der Waals surface area contributed by atoms with Gasteiger partial charge in [-0.05, 0) is 62.0 Å². The molecule has 4 aliphatic carbocycles. The zero-order chi connectivity index (χ0) is 18.3. The molecule has 4 bridgehead atoms. The van der Waals surface area contributed by atoms with Crippen molar-refractivity contribution in [1.29, 1.82) is 0 Å². The third kappa shape index (κ3) is 2.29. The van der Waals surface area contributed by atoms with Crippen molar-refractivity contribution >= 4 is 21.8 Å². The van der Waals surface area contributed by atoms with Gasteiger partial charge in [0.05, 0.1) is 17.4 Å². The number of sulfonamides is 1. The number of carbonyl (C=O) groups is 2. The van der Waals surface area contributed by atoms with Gasteiger partial charge in [0.15, 0.2) is 0 Å². The molecule has 0 aromatic heterocycles. The molecular formula is C19H22N2O4S. The molecule has 1 aromatic carbocycles. The van der Waals surface area contributed by atoms with Crippen molar-refractivity contribution in [1.82, 2.24) is 9.62 Å². The van der Waals surface area contributed by atoms with Gasteiger partial charge >= 0.3 is 0 Å². The van der Waals surface area contributed by atoms with Crippen LogP contribution in [0.5, 0.6) is 0 Å². The molecule has 2 unspecified atom stereocenters. The van der Waals surface area contributed by atoms with Gasteiger partial charge in [0.1, 0.15) is 0 Å². The number of hydrogen-bond donors (Lipinski definition) is 1. The summed E-state index contributed by atoms with van der Waals surface area (Å²) >= 11 is 0. The minimum atomic E-state index is -3.29. The quantitative estimate of drug-likeness (QED) is 0.818. The Morgan fingerprint density at radius 3 is 2.04 bits per heavy atom. The molecule has 0 radical (unpaired) electrons. The third-order valence-corrected chi connectivity index (χ3v) is 7.55. The molecule has 6 rings (SSSR count). The van der Waals surface area contributed by atoms with Crippen LogP contribution in [-0.4, -0.2) is 43.0 Å². The second kappa shape index (κ2) is 5.16. The van der Waals surface area contributed by atoms with Gasteiger partial charge in [0.2, 0.25) is 10.0 Å². The Bertz CT molecular complexity index is 874. The highest BCUT2D eigenvalue weighted by Crippen LogP contribution is 2.57. The topological polar surface area (TPSA) is 83.6 Å². The van der Waals surface area contributed by atoms with E-state index in [0.29, 0.717) is 29.9 Å². The molecule has 0 spiro atoms. The van der Waals surface area contributed by atoms with E-state index in [9.17, 15) is 18.0 Å². The van der Waals surface area contributed by atoms with Crippen LogP contribution < -0.4 is 4.72 Å². The summed E-state index contributed by atoms with van der Waals surface area (Å²) in [4.78, 5) is 27.4. The molecule has 1 aliphatic heterocycles. The number of imide groups is 1. The summed E-state index contributed by atoms with van der Waals surface area (Å²) < 4.78 is 26.7. The van der Waals surface area contributed by atoms with E-state index >= 15 is 0 Å². The fraction of sp³-hybridized carbons (Fsp3) is 0.579. The van der Waals surface area contributed by atoms with Gasteiger partial charge in [-0.3, -0.25) is 14.5 Å². The predicted octanol–water partition coefficient (Wildman–Crippen LogP) is 1.78. The molecule has 1 N–H and O–H groups in total. The van der Waals surface area contributed by atoms with Gasteiger partial charge in [0.25, 0.3) is 11.8 Å². The summed E-state index contributed by atoms with van der Waals surface area (Å²) in [5, 5.41) is 0. The van der Waals surface area contributed by atoms with Crippen molar-refractivity contribution in [3.8, 4) is 0 Å². The summed E-state index contributed by atoms with van der Waals surface area (Å²) in [6.07, 6.45) is 5.47. The molecular weight excluding hydrogens is 352 g/mol. The van der Waals surface area contributed by atoms with E-state index in [0.717, 1.165) is 19.3 Å². The lowest BCUT2D eigenvalue weighted by Crippen LogP contribution is -2.67. The zero-order valence-corrected chi connectivity index (χ0v) is 15.5. The highest BCUT2D eigenvalue weighted by molar-refractivity contribution is 7.88. The first kappa shape index (κ1) is 16.4. The molecule has 26 heavy (non-hydrogen) atoms. The smallest absolute Gasteiger partial charge is 0.261 e. The van der Waals surface area contributed by atoms with E-state index < -0.39 is 10.0 Å². The Morgan fingerprint density at radius 2 is 1.54 bits per heavy atom. The lowest BCUT2D eigenvalue weighted by molar-refractivity contribution is -0.0638. The van der Waals surface area contributed by atoms with E-state index in [1.165, 1.54) is 11.2 Å². The summed E-state index contributed by atoms with van der Waals surface area (Å²) in [6, 6.07) is 6.91. The summed E-state index contributed by atoms with van der Waals surface area (Å²) in [6.45, 7) is 0. The van der Waals surface area contributed by atoms with Crippen LogP contribution in [0.2, 0.25) is 0 Å². The zero-order valence-electron chi connectivity index (χ0n) is 14.6. The third-order valence-electron chi connectivity index (χ3n) is 6.75. The van der Waals surface area contributed by atoms with E-state index in [1.807, 2.05) is 0 Å². The van der Waals surface area contributed by atoms with E-state index in [4.69, 9.17) is 0 Å². The minimum Gasteiger partial charge on any atom is -0.271 e. The van der Waals surface area contributed by atoms with Gasteiger partial charge in [-0.2, -0.15) is 0 Å². The molecule has 1 heterocycles. The van der Waals surface area contributed by atoms with Crippen LogP contribution in [-0.2, 0) is 10.0 Å². The molecule has 4 fully saturated rings. The molecule has 2 atom stereocenters. The Kier molecular flexibility index (Phi) is 3.27. The van der Waals surface area contributed by atoms with Gasteiger partial charge in [0, 0.05) is 11.6 Å². The van der Waals surface area contributed by atoms with Crippen LogP contribution in [0.4, 0.5) is 0 Å². The van der Waals surface area contributed by atoms with Crippen molar-refractivity contribution < 1.29 is 18.0 Å². The SMILES string of the molecule is CS(=O)(=O)N[C@]12CC3CC(C1)[C@@H](N1C(=O)c4ccccc4C1=O)C(C3)C2. The lowest BCUT2D eigenvalue weighted by atomic mass is 9.51. The summed E-state index contributed by atoms with van der Waals surface area (Å²) in [5.74, 6) is 0.463. The number of benzene rings is 1. The van der Waals surface area contributed by atoms with Crippen LogP contribution in [0, 0.1) is 17.8 Å². The van der Waals surface area contributed by atoms with Crippen molar-refractivity contribution in [2.45, 2.75) is 43.7 Å². The number of nitrogens with zero attached hydrogens (tertiary/aromatic N) is 1. The Labute approximate surface area is 153 Å². The number of rotatable bonds is 3. The first-order valence-electron chi connectivity index (χ1n) is 9.22. The average Bonchev–Trinajstić information content (AvgIpc) is 2.77. The number of carbonyl (C=O) groups excluding carboxylic acids is 2. The van der Waals surface area contributed by atoms with Crippen molar-refractivity contribution in [2.24, 2.45) is 17.8 Å². The highest BCUT2D eigenvalue weighted by atomic mass is 32.2. The van der Waals surface area contributed by atoms with Crippen molar-refractivity contribution in [3.63, 3.8) is 0 Å². The fourth-order valence-electron chi connectivity index (χ4n) is 6.42. The van der Waals surface area contributed by atoms with E-state index in [1.54, 1.807) is 24.3 Å². The molecule has 138 valence electrons. The van der Waals surface area contributed by atoms with Crippen LogP contribution in [0.25, 0.3) is 0 Å². The Balaban J connectivity index is 1.49. The largest absolute Gasteiger partial charge is 0.271 e. The number of fused-ring (bicyclic) bond motifs is 1. The van der Waals surface area contributed by atoms with Crippen LogP contribution in [0.15, 0.2) is 24.3 Å². The molecule has 5 aliphatic rings. The fourth-order valence-corrected chi connectivity index (χ4v) is 7.45. The highest BCUT2D eigenvalue weighted by Gasteiger charge is 2.59. The monoisotopic (exact) mass is 374 g/mol. The lowest BCUT2D eigenvalue weighted by Gasteiger charge is -2.61. The minimum absolute atomic E-state index is 0.103. The van der Waals surface area contributed by atoms with Gasteiger partial charge in [-0.1, -0.05) is 12.1 Å². The standard InChI is InChI=1S/C19H22N2O4S/c1-26(24,25)20-19-8-11-6-12(9-19)16(13(7-11)10-19)21-17(22)14-4-2-3-5-15(14)18(21)23/h2-5,11-13,16,20H,6-10H2,1H3/t11?,12?,13?,16-,19-. The normalized spacial score (nSPS) is 38.1. The Morgan fingerprint density at radius 1 is 1.00 bits per heavy atom. The van der Waals surface area contributed by atoms with Crippen molar-refractivity contribution in [3.05, 3.63) is 35.4 Å². The number of nitrogens with one attached hydrogen (secondary N) is 1. The molecule has 2 amide bonds. The van der Waals surface area contributed by atoms with Gasteiger partial charge in [-0.15, -0.1) is 0 Å². The molecule has 6 nitrogen and oxygen atoms in total. The summed E-state index contributed by atoms with van der Waals surface area (Å²) in [5.41, 5.74) is 0.602. The summed E-state index contributed by atoms with van der Waals surface area (Å²) in [7, 11) is -3.29. The first-order chi connectivity index (χ1) is 12.3. The second-order valence-electron chi connectivity index (χ2n) is 8.64. The van der Waals surface area contributed by atoms with Gasteiger partial charge < -0.3 is 0 Å². The van der Waals surface area contributed by atoms with Crippen LogP contribution >= 0.6 is 0 Å². The molecule has 0 saturated heterocycles. The van der Waals surface area contributed by atoms with Crippen molar-refractivity contribution in [2.75, 3.05) is 6.26 Å². The maximum absolute atomic E-state index is 12.9. The molecule has 4 saturated carbocycles. The number of amides is 2. The maximum Gasteiger partial charge on any atom is 0.261 e. The van der Waals surface area contributed by atoms with Gasteiger partial charge in [-0.25, -0.2) is 13.1 Å². The van der Waals surface area contributed by atoms with E-state index in [2.05, 4.69) is 4.72 Å². The average molecular weight is 374 g/mol. The van der Waals surface area contributed by atoms with E-state index in [-0.39, 0.29) is 35.2 Å². The molecule has 7 heteroatoms. The predicted molar refractivity (Wildman–Crippen MR) is 95.0 cm³/mol. The maximum atomic E-state index is 12.9. The van der Waals surface area contributed by atoms with Crippen LogP contribution in [0.1, 0.15) is 52.8 Å².